The van der Waals surface area contributed by atoms with Crippen LogP contribution in [0, 0.1) is 6.92 Å². The minimum Gasteiger partial charge on any atom is -0.237 e. The number of halogens is 1. The number of fused-ring (bicyclic) bond motifs is 1. The van der Waals surface area contributed by atoms with Gasteiger partial charge in [-0.1, -0.05) is 78.6 Å². The standard InChI is InChI=1S/C15H17ClN2O2S.4C2H6/c1-10(2)5-6-12(4)21(19,20)18-9-11(3)14-13(16)7-8-17-15(14)18;4*1-2/h5-9H,1-4H3;4*1-2H3/b12-6+;;;;. The molecule has 0 atom stereocenters. The molecule has 0 saturated heterocycles. The third-order valence-electron chi connectivity index (χ3n) is 3.11. The number of hydrogen-bond acceptors (Lipinski definition) is 3. The van der Waals surface area contributed by atoms with Crippen LogP contribution in [0.2, 0.25) is 5.02 Å². The molecule has 0 N–H and O–H groups in total. The lowest BCUT2D eigenvalue weighted by atomic mass is 10.2. The van der Waals surface area contributed by atoms with E-state index in [1.54, 1.807) is 31.3 Å². The van der Waals surface area contributed by atoms with Crippen molar-refractivity contribution >= 4 is 32.7 Å². The van der Waals surface area contributed by atoms with Gasteiger partial charge in [-0.3, -0.25) is 0 Å². The molecule has 0 spiro atoms. The molecule has 0 aromatic carbocycles. The highest BCUT2D eigenvalue weighted by molar-refractivity contribution is 7.93. The van der Waals surface area contributed by atoms with Gasteiger partial charge < -0.3 is 0 Å². The van der Waals surface area contributed by atoms with E-state index in [9.17, 15) is 8.42 Å². The SMILES string of the molecule is CC.CC.CC.CC.CC(C)=C/C=C(\C)S(=O)(=O)n1cc(C)c2c(Cl)ccnc21. The van der Waals surface area contributed by atoms with Crippen LogP contribution in [0.4, 0.5) is 0 Å². The Morgan fingerprint density at radius 1 is 0.966 bits per heavy atom. The molecule has 0 aliphatic heterocycles. The van der Waals surface area contributed by atoms with E-state index in [2.05, 4.69) is 4.98 Å². The normalized spacial score (nSPS) is 10.0. The van der Waals surface area contributed by atoms with Crippen LogP contribution in [0.15, 0.2) is 41.1 Å². The average Bonchev–Trinajstić information content (AvgIpc) is 3.10. The highest BCUT2D eigenvalue weighted by atomic mass is 35.5. The molecule has 2 aromatic heterocycles. The van der Waals surface area contributed by atoms with Gasteiger partial charge >= 0.3 is 0 Å². The lowest BCUT2D eigenvalue weighted by molar-refractivity contribution is 0.595. The maximum absolute atomic E-state index is 12.7. The molecule has 0 saturated carbocycles. The molecule has 29 heavy (non-hydrogen) atoms. The summed E-state index contributed by atoms with van der Waals surface area (Å²) >= 11 is 6.14. The first kappa shape index (κ1) is 32.1. The second-order valence-electron chi connectivity index (χ2n) is 5.13. The van der Waals surface area contributed by atoms with Crippen molar-refractivity contribution in [2.75, 3.05) is 0 Å². The molecule has 168 valence electrons. The molecule has 0 fully saturated rings. The van der Waals surface area contributed by atoms with Crippen molar-refractivity contribution in [1.82, 2.24) is 8.96 Å². The van der Waals surface area contributed by atoms with Crippen LogP contribution in [-0.2, 0) is 10.0 Å². The Morgan fingerprint density at radius 2 is 1.45 bits per heavy atom. The zero-order valence-electron chi connectivity index (χ0n) is 20.4. The van der Waals surface area contributed by atoms with Gasteiger partial charge in [0.25, 0.3) is 10.0 Å². The average molecular weight is 445 g/mol. The van der Waals surface area contributed by atoms with Gasteiger partial charge in [0, 0.05) is 17.8 Å². The molecule has 0 bridgehead atoms. The van der Waals surface area contributed by atoms with Crippen LogP contribution in [0.5, 0.6) is 0 Å². The summed E-state index contributed by atoms with van der Waals surface area (Å²) in [5, 5.41) is 1.16. The monoisotopic (exact) mass is 444 g/mol. The number of pyridine rings is 1. The van der Waals surface area contributed by atoms with Gasteiger partial charge in [-0.2, -0.15) is 0 Å². The van der Waals surface area contributed by atoms with Crippen molar-refractivity contribution in [3.05, 3.63) is 51.7 Å². The maximum Gasteiger partial charge on any atom is 0.265 e. The Hall–Kier alpha value is -1.59. The van der Waals surface area contributed by atoms with Crippen molar-refractivity contribution in [3.63, 3.8) is 0 Å². The quantitative estimate of drug-likeness (QED) is 0.448. The summed E-state index contributed by atoms with van der Waals surface area (Å²) in [5.74, 6) is 0. The number of aromatic nitrogens is 2. The van der Waals surface area contributed by atoms with E-state index in [1.807, 2.05) is 76.2 Å². The zero-order valence-corrected chi connectivity index (χ0v) is 22.0. The first-order valence-electron chi connectivity index (χ1n) is 10.4. The van der Waals surface area contributed by atoms with Crippen molar-refractivity contribution < 1.29 is 8.42 Å². The smallest absolute Gasteiger partial charge is 0.237 e. The van der Waals surface area contributed by atoms with Crippen LogP contribution in [0.3, 0.4) is 0 Å². The van der Waals surface area contributed by atoms with Crippen LogP contribution in [0.1, 0.15) is 81.7 Å². The predicted molar refractivity (Wildman–Crippen MR) is 132 cm³/mol. The van der Waals surface area contributed by atoms with E-state index in [1.165, 1.54) is 10.2 Å². The van der Waals surface area contributed by atoms with Gasteiger partial charge in [-0.15, -0.1) is 0 Å². The minimum atomic E-state index is -3.65. The molecule has 0 amide bonds. The summed E-state index contributed by atoms with van der Waals surface area (Å²) in [4.78, 5) is 4.42. The van der Waals surface area contributed by atoms with Crippen molar-refractivity contribution in [1.29, 1.82) is 0 Å². The van der Waals surface area contributed by atoms with Gasteiger partial charge in [-0.05, 0) is 45.4 Å². The Labute approximate surface area is 184 Å². The predicted octanol–water partition coefficient (Wildman–Crippen LogP) is 8.15. The van der Waals surface area contributed by atoms with E-state index >= 15 is 0 Å². The summed E-state index contributed by atoms with van der Waals surface area (Å²) in [6, 6.07) is 1.65. The van der Waals surface area contributed by atoms with Crippen LogP contribution in [-0.4, -0.2) is 17.4 Å². The van der Waals surface area contributed by atoms with Gasteiger partial charge in [0.1, 0.15) is 0 Å². The topological polar surface area (TPSA) is 52.0 Å². The van der Waals surface area contributed by atoms with Crippen molar-refractivity contribution in [3.8, 4) is 0 Å². The largest absolute Gasteiger partial charge is 0.265 e. The van der Waals surface area contributed by atoms with Gasteiger partial charge in [0.15, 0.2) is 5.65 Å². The molecule has 0 aliphatic carbocycles. The molecule has 4 nitrogen and oxygen atoms in total. The molecule has 0 unspecified atom stereocenters. The third-order valence-corrected chi connectivity index (χ3v) is 5.17. The first-order valence-corrected chi connectivity index (χ1v) is 12.3. The third kappa shape index (κ3) is 9.18. The van der Waals surface area contributed by atoms with E-state index < -0.39 is 10.0 Å². The van der Waals surface area contributed by atoms with Gasteiger partial charge in [0.05, 0.1) is 9.93 Å². The zero-order chi connectivity index (χ0) is 23.8. The maximum atomic E-state index is 12.7. The van der Waals surface area contributed by atoms with E-state index in [4.69, 9.17) is 11.6 Å². The van der Waals surface area contributed by atoms with Crippen LogP contribution in [0.25, 0.3) is 11.0 Å². The molecule has 6 heteroatoms. The second-order valence-corrected chi connectivity index (χ2v) is 7.52. The molecule has 2 rings (SSSR count). The van der Waals surface area contributed by atoms with Gasteiger partial charge in [-0.25, -0.2) is 17.4 Å². The summed E-state index contributed by atoms with van der Waals surface area (Å²) < 4.78 is 26.5. The molecule has 0 aliphatic rings. The molecule has 0 radical (unpaired) electrons. The van der Waals surface area contributed by atoms with Crippen LogP contribution < -0.4 is 0 Å². The van der Waals surface area contributed by atoms with Crippen molar-refractivity contribution in [2.45, 2.75) is 83.1 Å². The Bertz CT molecular complexity index is 860. The molecule has 2 aromatic rings. The summed E-state index contributed by atoms with van der Waals surface area (Å²) in [7, 11) is -3.65. The Balaban J connectivity index is -0.000000754. The number of rotatable bonds is 3. The summed E-state index contributed by atoms with van der Waals surface area (Å²) in [6.45, 7) is 23.2. The van der Waals surface area contributed by atoms with E-state index in [-0.39, 0.29) is 4.91 Å². The lowest BCUT2D eigenvalue weighted by Crippen LogP contribution is -2.12. The minimum absolute atomic E-state index is 0.252. The Kier molecular flexibility index (Phi) is 19.1. The number of hydrogen-bond donors (Lipinski definition) is 0. The second kappa shape index (κ2) is 17.3. The van der Waals surface area contributed by atoms with Gasteiger partial charge in [0.2, 0.25) is 0 Å². The highest BCUT2D eigenvalue weighted by Gasteiger charge is 2.21. The van der Waals surface area contributed by atoms with E-state index in [0.717, 1.165) is 11.1 Å². The highest BCUT2D eigenvalue weighted by Crippen LogP contribution is 2.28. The van der Waals surface area contributed by atoms with Crippen LogP contribution >= 0.6 is 11.6 Å². The fraction of sp³-hybridized carbons (Fsp3) is 0.522. The van der Waals surface area contributed by atoms with Crippen molar-refractivity contribution in [2.24, 2.45) is 0 Å². The first-order chi connectivity index (χ1) is 13.7. The number of nitrogens with zero attached hydrogens (tertiary/aromatic N) is 2. The molecular weight excluding hydrogens is 404 g/mol. The number of aryl methyl sites for hydroxylation is 1. The molecular formula is C23H41ClN2O2S. The summed E-state index contributed by atoms with van der Waals surface area (Å²) in [6.07, 6.45) is 6.42. The summed E-state index contributed by atoms with van der Waals surface area (Å²) in [5.41, 5.74) is 2.16. The lowest BCUT2D eigenvalue weighted by Gasteiger charge is -2.06. The number of allylic oxidation sites excluding steroid dienone is 4. The fourth-order valence-electron chi connectivity index (χ4n) is 1.97. The molecule has 2 heterocycles. The fourth-order valence-corrected chi connectivity index (χ4v) is 3.47. The Morgan fingerprint density at radius 3 is 1.90 bits per heavy atom. The van der Waals surface area contributed by atoms with E-state index in [0.29, 0.717) is 16.1 Å².